The van der Waals surface area contributed by atoms with Crippen LogP contribution in [0.4, 0.5) is 0 Å². The number of carbonyl (C=O) groups excluding carboxylic acids is 1. The van der Waals surface area contributed by atoms with E-state index < -0.39 is 10.4 Å². The van der Waals surface area contributed by atoms with E-state index in [-0.39, 0.29) is 12.1 Å². The van der Waals surface area contributed by atoms with Crippen LogP contribution in [0.5, 0.6) is 0 Å². The zero-order chi connectivity index (χ0) is 38.5. The van der Waals surface area contributed by atoms with Crippen molar-refractivity contribution in [2.75, 3.05) is 7.11 Å². The van der Waals surface area contributed by atoms with E-state index >= 15 is 0 Å². The molecular weight excluding hydrogens is 671 g/mol. The number of aryl methyl sites for hydroxylation is 1. The first-order valence-electron chi connectivity index (χ1n) is 21.3. The molecule has 0 aromatic carbocycles. The maximum atomic E-state index is 12.7. The Bertz CT molecular complexity index is 1120. The number of unbranched alkanes of at least 4 members (excludes halogenated alkanes) is 23. The number of rotatable bonds is 34. The molecular formula is C43H81N3O5S. The number of imidazole rings is 1. The molecule has 1 rings (SSSR count). The van der Waals surface area contributed by atoms with Gasteiger partial charge in [0, 0.05) is 12.8 Å². The Kier molecular flexibility index (Phi) is 34.7. The lowest BCUT2D eigenvalue weighted by Gasteiger charge is -2.13. The summed E-state index contributed by atoms with van der Waals surface area (Å²) < 4.78 is 35.5. The van der Waals surface area contributed by atoms with Crippen LogP contribution in [0.1, 0.15) is 213 Å². The van der Waals surface area contributed by atoms with Crippen molar-refractivity contribution in [3.8, 4) is 0 Å². The number of amides is 1. The van der Waals surface area contributed by atoms with Crippen molar-refractivity contribution < 1.29 is 26.5 Å². The average molecular weight is 752 g/mol. The fraction of sp³-hybridized carbons (Fsp3) is 0.814. The minimum absolute atomic E-state index is 0.000871. The molecule has 9 heteroatoms. The molecule has 0 aliphatic carbocycles. The highest BCUT2D eigenvalue weighted by atomic mass is 32.3. The quantitative estimate of drug-likeness (QED) is 0.0248. The fourth-order valence-electron chi connectivity index (χ4n) is 6.45. The highest BCUT2D eigenvalue weighted by molar-refractivity contribution is 7.80. The predicted octanol–water partition coefficient (Wildman–Crippen LogP) is 11.7. The number of carbonyl (C=O) groups is 1. The Hall–Kier alpha value is -1.97. The van der Waals surface area contributed by atoms with Crippen LogP contribution in [0.15, 0.2) is 36.7 Å². The second-order valence-corrected chi connectivity index (χ2v) is 15.7. The Morgan fingerprint density at radius 3 is 1.48 bits per heavy atom. The van der Waals surface area contributed by atoms with Crippen molar-refractivity contribution in [3.63, 3.8) is 0 Å². The van der Waals surface area contributed by atoms with Gasteiger partial charge in [0.15, 0.2) is 6.17 Å². The predicted molar refractivity (Wildman–Crippen MR) is 218 cm³/mol. The van der Waals surface area contributed by atoms with Crippen LogP contribution in [0.2, 0.25) is 0 Å². The molecule has 0 bridgehead atoms. The Balaban J connectivity index is 0.00000397. The topological polar surface area (TPSA) is 104 Å². The van der Waals surface area contributed by atoms with Crippen molar-refractivity contribution >= 4 is 16.3 Å². The summed E-state index contributed by atoms with van der Waals surface area (Å²) >= 11 is 0. The van der Waals surface area contributed by atoms with Crippen LogP contribution in [-0.4, -0.2) is 30.6 Å². The van der Waals surface area contributed by atoms with E-state index in [4.69, 9.17) is 0 Å². The normalized spacial score (nSPS) is 12.4. The lowest BCUT2D eigenvalue weighted by molar-refractivity contribution is -0.679. The summed E-state index contributed by atoms with van der Waals surface area (Å²) in [6.45, 7) is 6.68. The molecule has 304 valence electrons. The van der Waals surface area contributed by atoms with Gasteiger partial charge in [-0.3, -0.25) is 8.98 Å². The van der Waals surface area contributed by atoms with Crippen LogP contribution >= 0.6 is 0 Å². The highest BCUT2D eigenvalue weighted by Gasteiger charge is 2.20. The summed E-state index contributed by atoms with van der Waals surface area (Å²) in [4.78, 5) is 12.7. The molecule has 8 nitrogen and oxygen atoms in total. The minimum Gasteiger partial charge on any atom is -0.726 e. The zero-order valence-electron chi connectivity index (χ0n) is 34.4. The molecule has 1 atom stereocenters. The molecule has 1 aromatic rings. The van der Waals surface area contributed by atoms with Gasteiger partial charge in [-0.2, -0.15) is 0 Å². The second kappa shape index (κ2) is 36.0. The van der Waals surface area contributed by atoms with Gasteiger partial charge >= 0.3 is 0 Å². The van der Waals surface area contributed by atoms with E-state index in [9.17, 15) is 17.8 Å². The molecule has 0 spiro atoms. The second-order valence-electron chi connectivity index (χ2n) is 14.6. The van der Waals surface area contributed by atoms with E-state index in [1.165, 1.54) is 166 Å². The van der Waals surface area contributed by atoms with Gasteiger partial charge in [0.05, 0.1) is 14.2 Å². The molecule has 52 heavy (non-hydrogen) atoms. The lowest BCUT2D eigenvalue weighted by atomic mass is 10.1. The molecule has 1 N–H and O–H groups in total. The molecule has 0 aliphatic heterocycles. The van der Waals surface area contributed by atoms with Gasteiger partial charge in [-0.1, -0.05) is 147 Å². The van der Waals surface area contributed by atoms with Gasteiger partial charge in [0.2, 0.25) is 16.3 Å². The Morgan fingerprint density at radius 2 is 1.08 bits per heavy atom. The SMILES string of the molecule is CCCCCCCC/C=C\CCCCCCCCc1n(C(C)NC(=O)CCCCCCC/C=C\CCCCCCCC)cc[n+]1C.COS(=O)(=O)[O-]. The van der Waals surface area contributed by atoms with Crippen LogP contribution in [0, 0.1) is 0 Å². The smallest absolute Gasteiger partial charge is 0.257 e. The number of hydrogen-bond donors (Lipinski definition) is 1. The molecule has 0 saturated heterocycles. The fourth-order valence-corrected chi connectivity index (χ4v) is 6.45. The van der Waals surface area contributed by atoms with Crippen LogP contribution in [0.25, 0.3) is 0 Å². The van der Waals surface area contributed by atoms with Crippen LogP contribution < -0.4 is 9.88 Å². The third-order valence-corrected chi connectivity index (χ3v) is 10.1. The summed E-state index contributed by atoms with van der Waals surface area (Å²) in [7, 11) is -1.47. The molecule has 0 saturated carbocycles. The van der Waals surface area contributed by atoms with Crippen molar-refractivity contribution in [2.45, 2.75) is 213 Å². The third-order valence-electron chi connectivity index (χ3n) is 9.73. The summed E-state index contributed by atoms with van der Waals surface area (Å²) in [5.74, 6) is 1.49. The minimum atomic E-state index is -4.41. The van der Waals surface area contributed by atoms with E-state index in [0.29, 0.717) is 6.42 Å². The average Bonchev–Trinajstić information content (AvgIpc) is 3.49. The largest absolute Gasteiger partial charge is 0.726 e. The summed E-state index contributed by atoms with van der Waals surface area (Å²) in [6.07, 6.45) is 51.0. The van der Waals surface area contributed by atoms with Gasteiger partial charge in [-0.25, -0.2) is 17.6 Å². The molecule has 1 unspecified atom stereocenters. The van der Waals surface area contributed by atoms with Gasteiger partial charge in [-0.15, -0.1) is 0 Å². The van der Waals surface area contributed by atoms with Crippen molar-refractivity contribution in [1.29, 1.82) is 0 Å². The lowest BCUT2D eigenvalue weighted by Crippen LogP contribution is -2.36. The summed E-state index contributed by atoms with van der Waals surface area (Å²) in [5.41, 5.74) is 0. The Labute approximate surface area is 321 Å². The Morgan fingerprint density at radius 1 is 0.712 bits per heavy atom. The van der Waals surface area contributed by atoms with Gasteiger partial charge in [-0.05, 0) is 71.1 Å². The van der Waals surface area contributed by atoms with Gasteiger partial charge < -0.3 is 9.87 Å². The van der Waals surface area contributed by atoms with Gasteiger partial charge in [0.25, 0.3) is 5.82 Å². The molecule has 0 radical (unpaired) electrons. The van der Waals surface area contributed by atoms with Crippen LogP contribution in [-0.2, 0) is 32.8 Å². The first-order chi connectivity index (χ1) is 25.2. The van der Waals surface area contributed by atoms with E-state index in [1.807, 2.05) is 0 Å². The van der Waals surface area contributed by atoms with E-state index in [2.05, 4.69) is 83.2 Å². The zero-order valence-corrected chi connectivity index (χ0v) is 35.2. The number of aromatic nitrogens is 2. The monoisotopic (exact) mass is 752 g/mol. The molecule has 1 aromatic heterocycles. The first-order valence-corrected chi connectivity index (χ1v) is 22.7. The molecule has 0 fully saturated rings. The highest BCUT2D eigenvalue weighted by Crippen LogP contribution is 2.14. The van der Waals surface area contributed by atoms with Crippen molar-refractivity contribution in [1.82, 2.24) is 9.88 Å². The number of allylic oxidation sites excluding steroid dienone is 4. The van der Waals surface area contributed by atoms with Crippen molar-refractivity contribution in [3.05, 3.63) is 42.5 Å². The first kappa shape index (κ1) is 50.0. The van der Waals surface area contributed by atoms with Crippen LogP contribution in [0.3, 0.4) is 0 Å². The number of nitrogens with one attached hydrogen (secondary N) is 1. The van der Waals surface area contributed by atoms with Crippen molar-refractivity contribution in [2.24, 2.45) is 7.05 Å². The van der Waals surface area contributed by atoms with E-state index in [1.54, 1.807) is 0 Å². The standard InChI is InChI=1S/C42H77N3O.CH4O4S/c1-5-7-9-11-13-15-17-19-21-23-25-27-29-31-33-35-37-42-44(4)38-39-45(42)40(3)43-41(46)36-34-32-30-28-26-24-22-20-18-16-14-12-10-8-6-2;1-5-6(2,3)4/h19-22,38-40H,5-18,23-37H2,1-4H3;1H3,(H,2,3,4)/b21-19-,22-20-;. The number of hydrogen-bond acceptors (Lipinski definition) is 5. The summed E-state index contributed by atoms with van der Waals surface area (Å²) in [6, 6.07) is 0. The third kappa shape index (κ3) is 32.7. The number of nitrogens with zero attached hydrogens (tertiary/aromatic N) is 2. The van der Waals surface area contributed by atoms with Gasteiger partial charge in [0.1, 0.15) is 12.4 Å². The summed E-state index contributed by atoms with van der Waals surface area (Å²) in [5, 5.41) is 3.25. The maximum Gasteiger partial charge on any atom is 0.257 e. The van der Waals surface area contributed by atoms with E-state index in [0.717, 1.165) is 26.4 Å². The molecule has 1 heterocycles. The maximum absolute atomic E-state index is 12.7. The molecule has 1 amide bonds. The molecule has 0 aliphatic rings.